The molecule has 0 bridgehead atoms. The number of anilines is 1. The highest BCUT2D eigenvalue weighted by atomic mass is 32.1. The first-order chi connectivity index (χ1) is 12.3. The summed E-state index contributed by atoms with van der Waals surface area (Å²) in [6, 6.07) is 14.3. The number of para-hydroxylation sites is 2. The Balaban J connectivity index is 1.36. The van der Waals surface area contributed by atoms with E-state index in [0.29, 0.717) is 0 Å². The topological polar surface area (TPSA) is 41.7 Å². The van der Waals surface area contributed by atoms with Crippen molar-refractivity contribution in [1.82, 2.24) is 10.1 Å². The van der Waals surface area contributed by atoms with Gasteiger partial charge in [0.1, 0.15) is 5.75 Å². The van der Waals surface area contributed by atoms with Crippen LogP contribution in [0.1, 0.15) is 5.69 Å². The van der Waals surface area contributed by atoms with Crippen molar-refractivity contribution >= 4 is 17.0 Å². The number of aromatic nitrogens is 1. The van der Waals surface area contributed by atoms with Crippen LogP contribution in [0.4, 0.5) is 5.69 Å². The molecule has 1 aliphatic rings. The van der Waals surface area contributed by atoms with Crippen LogP contribution in [0.5, 0.6) is 5.75 Å². The second kappa shape index (κ2) is 7.29. The maximum atomic E-state index is 5.48. The third kappa shape index (κ3) is 3.55. The summed E-state index contributed by atoms with van der Waals surface area (Å²) in [4.78, 5) is 5.93. The highest BCUT2D eigenvalue weighted by Gasteiger charge is 2.20. The van der Waals surface area contributed by atoms with E-state index in [2.05, 4.69) is 44.6 Å². The molecule has 0 N–H and O–H groups in total. The molecule has 3 aromatic rings. The van der Waals surface area contributed by atoms with Crippen LogP contribution in [0.3, 0.4) is 0 Å². The minimum atomic E-state index is 0.828. The number of benzene rings is 1. The first-order valence-corrected chi connectivity index (χ1v) is 9.31. The number of hydrogen-bond donors (Lipinski definition) is 0. The van der Waals surface area contributed by atoms with Crippen LogP contribution >= 0.6 is 11.3 Å². The van der Waals surface area contributed by atoms with E-state index in [0.717, 1.165) is 54.8 Å². The minimum absolute atomic E-state index is 0.828. The first-order valence-electron chi connectivity index (χ1n) is 8.43. The predicted molar refractivity (Wildman–Crippen MR) is 100 cm³/mol. The maximum Gasteiger partial charge on any atom is 0.177 e. The summed E-state index contributed by atoms with van der Waals surface area (Å²) in [7, 11) is 1.73. The molecule has 1 aromatic carbocycles. The Morgan fingerprint density at radius 3 is 2.72 bits per heavy atom. The summed E-state index contributed by atoms with van der Waals surface area (Å²) in [6.07, 6.45) is 0. The molecule has 0 unspecified atom stereocenters. The molecule has 4 rings (SSSR count). The van der Waals surface area contributed by atoms with E-state index in [1.54, 1.807) is 18.4 Å². The molecule has 0 saturated carbocycles. The average molecular weight is 355 g/mol. The van der Waals surface area contributed by atoms with E-state index in [-0.39, 0.29) is 0 Å². The van der Waals surface area contributed by atoms with Crippen molar-refractivity contribution < 1.29 is 9.26 Å². The molecule has 1 aliphatic heterocycles. The molecule has 6 heteroatoms. The van der Waals surface area contributed by atoms with Gasteiger partial charge >= 0.3 is 0 Å². The first kappa shape index (κ1) is 16.2. The molecule has 2 aromatic heterocycles. The molecule has 25 heavy (non-hydrogen) atoms. The molecule has 5 nitrogen and oxygen atoms in total. The lowest BCUT2D eigenvalue weighted by atomic mass is 10.2. The second-order valence-corrected chi connectivity index (χ2v) is 7.04. The van der Waals surface area contributed by atoms with E-state index >= 15 is 0 Å². The van der Waals surface area contributed by atoms with E-state index < -0.39 is 0 Å². The molecule has 0 amide bonds. The van der Waals surface area contributed by atoms with E-state index in [4.69, 9.17) is 9.26 Å². The fourth-order valence-electron chi connectivity index (χ4n) is 3.19. The highest BCUT2D eigenvalue weighted by Crippen LogP contribution is 2.29. The lowest BCUT2D eigenvalue weighted by Gasteiger charge is -2.36. The molecule has 0 spiro atoms. The number of nitrogens with zero attached hydrogens (tertiary/aromatic N) is 3. The van der Waals surface area contributed by atoms with Crippen molar-refractivity contribution in [1.29, 1.82) is 0 Å². The Morgan fingerprint density at radius 1 is 1.12 bits per heavy atom. The van der Waals surface area contributed by atoms with Crippen molar-refractivity contribution in [2.75, 3.05) is 38.2 Å². The summed E-state index contributed by atoms with van der Waals surface area (Å²) in [5.74, 6) is 1.80. The lowest BCUT2D eigenvalue weighted by molar-refractivity contribution is 0.241. The normalized spacial score (nSPS) is 15.5. The number of methoxy groups -OCH3 is 1. The Bertz CT molecular complexity index is 808. The van der Waals surface area contributed by atoms with Gasteiger partial charge in [0.15, 0.2) is 5.76 Å². The van der Waals surface area contributed by atoms with Crippen LogP contribution in [0.15, 0.2) is 52.4 Å². The zero-order valence-electron chi connectivity index (χ0n) is 14.2. The predicted octanol–water partition coefficient (Wildman–Crippen LogP) is 3.73. The summed E-state index contributed by atoms with van der Waals surface area (Å²) < 4.78 is 11.0. The number of hydrogen-bond acceptors (Lipinski definition) is 6. The fraction of sp³-hybridized carbons (Fsp3) is 0.316. The zero-order valence-corrected chi connectivity index (χ0v) is 15.0. The van der Waals surface area contributed by atoms with Gasteiger partial charge in [-0.2, -0.15) is 0 Å². The standard InChI is InChI=1S/C19H21N3O2S/c1-23-17-6-3-2-5-16(17)22-10-8-21(9-11-22)14-15-13-18(24-20-15)19-7-4-12-25-19/h2-7,12-13H,8-11,14H2,1H3. The third-order valence-corrected chi connectivity index (χ3v) is 5.39. The summed E-state index contributed by atoms with van der Waals surface area (Å²) in [5, 5.41) is 6.28. The van der Waals surface area contributed by atoms with Crippen molar-refractivity contribution in [3.8, 4) is 16.4 Å². The van der Waals surface area contributed by atoms with Crippen LogP contribution in [0, 0.1) is 0 Å². The number of rotatable bonds is 5. The lowest BCUT2D eigenvalue weighted by Crippen LogP contribution is -2.46. The third-order valence-electron chi connectivity index (χ3n) is 4.51. The highest BCUT2D eigenvalue weighted by molar-refractivity contribution is 7.13. The molecule has 0 radical (unpaired) electrons. The van der Waals surface area contributed by atoms with Crippen LogP contribution in [-0.4, -0.2) is 43.3 Å². The van der Waals surface area contributed by atoms with Gasteiger partial charge in [-0.3, -0.25) is 4.90 Å². The fourth-order valence-corrected chi connectivity index (χ4v) is 3.86. The van der Waals surface area contributed by atoms with E-state index in [9.17, 15) is 0 Å². The number of piperazine rings is 1. The van der Waals surface area contributed by atoms with Gasteiger partial charge in [-0.05, 0) is 23.6 Å². The van der Waals surface area contributed by atoms with Gasteiger partial charge in [-0.1, -0.05) is 23.4 Å². The molecular formula is C19H21N3O2S. The zero-order chi connectivity index (χ0) is 17.1. The molecule has 1 fully saturated rings. The van der Waals surface area contributed by atoms with Crippen LogP contribution in [-0.2, 0) is 6.54 Å². The molecule has 0 atom stereocenters. The maximum absolute atomic E-state index is 5.48. The van der Waals surface area contributed by atoms with Gasteiger partial charge in [0, 0.05) is 38.8 Å². The van der Waals surface area contributed by atoms with Gasteiger partial charge in [0.05, 0.1) is 23.4 Å². The Morgan fingerprint density at radius 2 is 1.96 bits per heavy atom. The SMILES string of the molecule is COc1ccccc1N1CCN(Cc2cc(-c3cccs3)on2)CC1. The summed E-state index contributed by atoms with van der Waals surface area (Å²) >= 11 is 1.67. The minimum Gasteiger partial charge on any atom is -0.495 e. The van der Waals surface area contributed by atoms with Crippen molar-refractivity contribution in [3.63, 3.8) is 0 Å². The van der Waals surface area contributed by atoms with Crippen molar-refractivity contribution in [2.24, 2.45) is 0 Å². The Kier molecular flexibility index (Phi) is 4.72. The van der Waals surface area contributed by atoms with Crippen LogP contribution < -0.4 is 9.64 Å². The van der Waals surface area contributed by atoms with Gasteiger partial charge < -0.3 is 14.2 Å². The number of ether oxygens (including phenoxy) is 1. The van der Waals surface area contributed by atoms with Gasteiger partial charge in [0.25, 0.3) is 0 Å². The van der Waals surface area contributed by atoms with Gasteiger partial charge in [-0.25, -0.2) is 0 Å². The summed E-state index contributed by atoms with van der Waals surface area (Å²) in [5.41, 5.74) is 2.17. The monoisotopic (exact) mass is 355 g/mol. The Labute approximate surface area is 151 Å². The van der Waals surface area contributed by atoms with Crippen LogP contribution in [0.2, 0.25) is 0 Å². The average Bonchev–Trinajstić information content (AvgIpc) is 3.34. The quantitative estimate of drug-likeness (QED) is 0.697. The van der Waals surface area contributed by atoms with Gasteiger partial charge in [-0.15, -0.1) is 11.3 Å². The van der Waals surface area contributed by atoms with Crippen LogP contribution in [0.25, 0.3) is 10.6 Å². The molecule has 130 valence electrons. The molecular weight excluding hydrogens is 334 g/mol. The van der Waals surface area contributed by atoms with Gasteiger partial charge in [0.2, 0.25) is 0 Å². The van der Waals surface area contributed by atoms with E-state index in [1.165, 1.54) is 5.69 Å². The second-order valence-electron chi connectivity index (χ2n) is 6.09. The summed E-state index contributed by atoms with van der Waals surface area (Å²) in [6.45, 7) is 4.79. The smallest absolute Gasteiger partial charge is 0.177 e. The van der Waals surface area contributed by atoms with Crippen molar-refractivity contribution in [3.05, 3.63) is 53.5 Å². The molecule has 0 aliphatic carbocycles. The number of thiophene rings is 1. The Hall–Kier alpha value is -2.31. The van der Waals surface area contributed by atoms with Crippen molar-refractivity contribution in [2.45, 2.75) is 6.54 Å². The molecule has 3 heterocycles. The largest absolute Gasteiger partial charge is 0.495 e. The van der Waals surface area contributed by atoms with E-state index in [1.807, 2.05) is 18.2 Å². The molecule has 1 saturated heterocycles.